The Bertz CT molecular complexity index is 6430. The minimum atomic E-state index is -0.119. The van der Waals surface area contributed by atoms with Crippen molar-refractivity contribution < 1.29 is 4.42 Å². The molecule has 18 nitrogen and oxygen atoms in total. The van der Waals surface area contributed by atoms with Crippen molar-refractivity contribution in [2.24, 2.45) is 69.7 Å². The molecule has 722 valence electrons. The number of hydrogen-bond donors (Lipinski definition) is 0. The number of benzene rings is 6. The topological polar surface area (TPSA) is 135 Å². The summed E-state index contributed by atoms with van der Waals surface area (Å²) in [6.07, 6.45) is 35.3. The van der Waals surface area contributed by atoms with Gasteiger partial charge < -0.3 is 56.7 Å². The molecule has 6 aromatic heterocycles. The maximum atomic E-state index is 5.71. The van der Waals surface area contributed by atoms with E-state index in [1.165, 1.54) is 257 Å². The number of anilines is 6. The Balaban J connectivity index is 0.0000000983. The van der Waals surface area contributed by atoms with Crippen LogP contribution in [0.4, 0.5) is 34.1 Å². The van der Waals surface area contributed by atoms with Gasteiger partial charge in [0.15, 0.2) is 12.2 Å². The van der Waals surface area contributed by atoms with Crippen LogP contribution in [0.15, 0.2) is 176 Å². The molecule has 7 fully saturated rings. The van der Waals surface area contributed by atoms with Gasteiger partial charge in [-0.1, -0.05) is 210 Å². The van der Waals surface area contributed by atoms with E-state index in [1.54, 1.807) is 6.39 Å². The molecule has 18 heteroatoms. The lowest BCUT2D eigenvalue weighted by Crippen LogP contribution is -2.62. The Hall–Kier alpha value is -10.6. The lowest BCUT2D eigenvalue weighted by atomic mass is 9.47. The zero-order valence-corrected chi connectivity index (χ0v) is 87.7. The average molecular weight is 1840 g/mol. The number of imidazole rings is 5. The molecular formula is C119H155N17O. The summed E-state index contributed by atoms with van der Waals surface area (Å²) in [6.45, 7) is 51.5. The maximum absolute atomic E-state index is 5.71. The van der Waals surface area contributed by atoms with Gasteiger partial charge in [-0.05, 0) is 271 Å². The Morgan fingerprint density at radius 1 is 0.285 bits per heavy atom. The fourth-order valence-corrected chi connectivity index (χ4v) is 32.1. The SMILES string of the molecule is Cc1cccc2c1N1C(C)c3c(ncn3C)C1(C)C(C)(C)C2(C)C.Cc1cccc2c1N1C(C)c3c(ncn3C)C1(C)C(C)(C)C2(C)C.Cc1ccccc1N1C(C)c2c(ncn2C)C12C1CC3CC(C1)CC2C3.Cc1ccccc1N1C(C)c2c(ncn2C)C12CCCC2.Cc1ccccc1N1C(C)c2c(ncn2C)C12CCCCC2.Cc1ccccc1N1C(C)c2ocnc2C12CCCC2. The van der Waals surface area contributed by atoms with Crippen LogP contribution < -0.4 is 29.4 Å². The van der Waals surface area contributed by atoms with Crippen LogP contribution in [-0.4, -0.2) is 52.7 Å². The fourth-order valence-electron chi connectivity index (χ4n) is 32.1. The zero-order valence-electron chi connectivity index (χ0n) is 87.7. The summed E-state index contributed by atoms with van der Waals surface area (Å²) in [7, 11) is 10.7. The van der Waals surface area contributed by atoms with Gasteiger partial charge in [0.05, 0.1) is 158 Å². The minimum absolute atomic E-state index is 0.0364. The Morgan fingerprint density at radius 3 is 0.934 bits per heavy atom. The molecule has 8 unspecified atom stereocenters. The maximum Gasteiger partial charge on any atom is 0.181 e. The number of para-hydroxylation sites is 6. The van der Waals surface area contributed by atoms with Crippen molar-refractivity contribution in [3.8, 4) is 0 Å². The van der Waals surface area contributed by atoms with E-state index in [0.717, 1.165) is 29.4 Å². The standard InChI is InChI=1S/C23H29N3.2C21H29N3.C19H25N3.C18H23N3.C17H20N2O/c1-14-6-4-5-7-20(14)26-15(2)21-22(24-13-25(21)3)23(26)18-9-16-8-17(11-18)12-19(23)10-16;2*1-13-10-9-11-15-16(13)24-14(2)17-18(22-12-23(17)8)21(24,7)20(5,6)19(15,3)4;1-14-9-5-6-10-16(14)22-15(2)17-18(20-13-21(17)3)19(22)11-7-4-8-12-19;1-13-8-4-5-9-15(13)21-14(2)16-17(19-12-20(16)3)18(21)10-6-7-11-18;1-12-7-3-4-8-14(12)19-13(2)15-16(18-11-20-15)17(19)9-5-6-10-17/h4-7,13,15-19H,8-12H2,1-3H3;2*9-12,14H,1-8H3;5-6,9-10,13,15H,4,7-8,11-12H2,1-3H3;4-5,8-9,12,14H,6-7,10-11H2,1-3H3;3-4,7-8,11,13H,5-6,9-10H2,1-2H3. The minimum Gasteiger partial charge on any atom is -0.446 e. The highest BCUT2D eigenvalue weighted by atomic mass is 16.3. The summed E-state index contributed by atoms with van der Waals surface area (Å²) in [4.78, 5) is 45.1. The number of aromatic nitrogens is 11. The molecule has 8 atom stereocenters. The van der Waals surface area contributed by atoms with Gasteiger partial charge in [0.2, 0.25) is 0 Å². The summed E-state index contributed by atoms with van der Waals surface area (Å²) < 4.78 is 16.9. The van der Waals surface area contributed by atoms with E-state index < -0.39 is 0 Å². The Labute approximate surface area is 817 Å². The molecule has 0 amide bonds. The molecule has 7 saturated carbocycles. The van der Waals surface area contributed by atoms with Crippen molar-refractivity contribution >= 4 is 34.1 Å². The van der Waals surface area contributed by atoms with Crippen LogP contribution in [0.3, 0.4) is 0 Å². The van der Waals surface area contributed by atoms with E-state index in [9.17, 15) is 0 Å². The average Bonchev–Trinajstić information content (AvgIpc) is 1.52. The van der Waals surface area contributed by atoms with E-state index in [1.807, 2.05) is 25.3 Å². The number of hydrogen-bond acceptors (Lipinski definition) is 13. The van der Waals surface area contributed by atoms with Gasteiger partial charge in [0.1, 0.15) is 5.69 Å². The van der Waals surface area contributed by atoms with Crippen LogP contribution in [0.25, 0.3) is 0 Å². The highest BCUT2D eigenvalue weighted by Gasteiger charge is 2.70. The van der Waals surface area contributed by atoms with Crippen LogP contribution in [0.1, 0.15) is 376 Å². The molecular weight excluding hydrogens is 1680 g/mol. The first-order valence-corrected chi connectivity index (χ1v) is 52.5. The van der Waals surface area contributed by atoms with Gasteiger partial charge in [-0.15, -0.1) is 0 Å². The summed E-state index contributed by atoms with van der Waals surface area (Å²) in [5, 5.41) is 0. The lowest BCUT2D eigenvalue weighted by molar-refractivity contribution is -0.0618. The van der Waals surface area contributed by atoms with Crippen LogP contribution in [0.2, 0.25) is 0 Å². The first kappa shape index (κ1) is 92.7. The number of rotatable bonds is 4. The van der Waals surface area contributed by atoms with Crippen molar-refractivity contribution in [3.05, 3.63) is 284 Å². The lowest BCUT2D eigenvalue weighted by Gasteiger charge is -2.63. The second-order valence-electron chi connectivity index (χ2n) is 47.2. The first-order valence-electron chi connectivity index (χ1n) is 52.5. The number of oxazole rings is 1. The number of aryl methyl sites for hydroxylation is 11. The first-order chi connectivity index (χ1) is 65.3. The summed E-state index contributed by atoms with van der Waals surface area (Å²) >= 11 is 0. The molecule has 12 aromatic rings. The predicted molar refractivity (Wildman–Crippen MR) is 557 cm³/mol. The third kappa shape index (κ3) is 12.7. The van der Waals surface area contributed by atoms with Gasteiger partial charge in [-0.3, -0.25) is 0 Å². The highest BCUT2D eigenvalue weighted by Crippen LogP contribution is 2.72. The highest BCUT2D eigenvalue weighted by molar-refractivity contribution is 5.75. The second kappa shape index (κ2) is 32.7. The molecule has 137 heavy (non-hydrogen) atoms. The molecule has 6 aromatic carbocycles. The normalized spacial score (nSPS) is 28.4. The summed E-state index contributed by atoms with van der Waals surface area (Å²) in [5.74, 6) is 4.57. The van der Waals surface area contributed by atoms with Gasteiger partial charge in [0, 0.05) is 80.2 Å². The monoisotopic (exact) mass is 1840 g/mol. The van der Waals surface area contributed by atoms with Gasteiger partial charge in [0.25, 0.3) is 0 Å². The van der Waals surface area contributed by atoms with Crippen LogP contribution in [0, 0.1) is 76.0 Å². The smallest absolute Gasteiger partial charge is 0.181 e. The number of nitrogens with zero attached hydrogens (tertiary/aromatic N) is 17. The molecule has 7 aliphatic carbocycles. The van der Waals surface area contributed by atoms with Crippen molar-refractivity contribution in [1.29, 1.82) is 0 Å². The van der Waals surface area contributed by atoms with Gasteiger partial charge in [-0.2, -0.15) is 0 Å². The van der Waals surface area contributed by atoms with E-state index in [4.69, 9.17) is 29.3 Å². The molecule has 0 saturated heterocycles. The van der Waals surface area contributed by atoms with Crippen molar-refractivity contribution in [3.63, 3.8) is 0 Å². The molecule has 14 heterocycles. The third-order valence-corrected chi connectivity index (χ3v) is 39.8. The largest absolute Gasteiger partial charge is 0.446 e. The zero-order chi connectivity index (χ0) is 96.6. The fraction of sp³-hybridized carbons (Fsp3) is 0.546. The molecule has 8 aliphatic heterocycles. The van der Waals surface area contributed by atoms with E-state index in [-0.39, 0.29) is 60.9 Å². The van der Waals surface area contributed by atoms with Crippen LogP contribution in [0.5, 0.6) is 0 Å². The summed E-state index contributed by atoms with van der Waals surface area (Å²) in [5.41, 5.74) is 34.6. The van der Waals surface area contributed by atoms with E-state index in [0.29, 0.717) is 30.2 Å². The third-order valence-electron chi connectivity index (χ3n) is 39.8. The molecule has 4 spiro atoms. The van der Waals surface area contributed by atoms with E-state index >= 15 is 0 Å². The van der Waals surface area contributed by atoms with Crippen molar-refractivity contribution in [1.82, 2.24) is 52.7 Å². The predicted octanol–water partition coefficient (Wildman–Crippen LogP) is 27.5. The quantitative estimate of drug-likeness (QED) is 0.166. The molecule has 4 bridgehead atoms. The second-order valence-corrected chi connectivity index (χ2v) is 47.2. The summed E-state index contributed by atoms with van der Waals surface area (Å²) in [6, 6.07) is 51.0. The number of fused-ring (bicyclic) bond motifs is 17. The van der Waals surface area contributed by atoms with Crippen molar-refractivity contribution in [2.75, 3.05) is 29.4 Å². The Morgan fingerprint density at radius 2 is 0.569 bits per heavy atom. The Kier molecular flexibility index (Phi) is 22.2. The molecule has 15 aliphatic rings. The molecule has 27 rings (SSSR count). The van der Waals surface area contributed by atoms with Gasteiger partial charge in [-0.25, -0.2) is 29.9 Å². The van der Waals surface area contributed by atoms with Gasteiger partial charge >= 0.3 is 0 Å². The van der Waals surface area contributed by atoms with Crippen LogP contribution >= 0.6 is 0 Å². The van der Waals surface area contributed by atoms with Crippen LogP contribution in [-0.2, 0) is 79.3 Å². The van der Waals surface area contributed by atoms with Crippen molar-refractivity contribution in [2.45, 2.75) is 348 Å². The molecule has 0 N–H and O–H groups in total. The van der Waals surface area contributed by atoms with E-state index in [2.05, 4.69) is 385 Å². The molecule has 0 radical (unpaired) electrons.